The summed E-state index contributed by atoms with van der Waals surface area (Å²) in [5.74, 6) is 0. The second-order valence-corrected chi connectivity index (χ2v) is 7.93. The van der Waals surface area contributed by atoms with Crippen LogP contribution in [0.4, 0.5) is 5.69 Å². The second-order valence-electron chi connectivity index (χ2n) is 4.59. The maximum Gasteiger partial charge on any atom is 0.261 e. The van der Waals surface area contributed by atoms with Gasteiger partial charge in [-0.15, -0.1) is 0 Å². The number of nitrogens with two attached hydrogens (primary N) is 1. The smallest absolute Gasteiger partial charge is 0.261 e. The van der Waals surface area contributed by atoms with Crippen LogP contribution in [-0.4, -0.2) is 8.42 Å². The van der Waals surface area contributed by atoms with Crippen molar-refractivity contribution in [3.63, 3.8) is 0 Å². The van der Waals surface area contributed by atoms with E-state index in [9.17, 15) is 8.42 Å². The van der Waals surface area contributed by atoms with Gasteiger partial charge in [0.05, 0.1) is 15.6 Å². The van der Waals surface area contributed by atoms with E-state index >= 15 is 0 Å². The first-order valence-corrected chi connectivity index (χ1v) is 9.07. The van der Waals surface area contributed by atoms with Crippen LogP contribution in [0, 0.1) is 3.57 Å². The second kappa shape index (κ2) is 6.51. The number of halogens is 2. The van der Waals surface area contributed by atoms with Gasteiger partial charge in [-0.3, -0.25) is 4.72 Å². The van der Waals surface area contributed by atoms with Gasteiger partial charge in [0.1, 0.15) is 0 Å². The lowest BCUT2D eigenvalue weighted by Gasteiger charge is -2.12. The maximum atomic E-state index is 12.4. The molecule has 7 heteroatoms. The summed E-state index contributed by atoms with van der Waals surface area (Å²) in [6.07, 6.45) is 0. The monoisotopic (exact) mass is 436 g/mol. The van der Waals surface area contributed by atoms with Gasteiger partial charge >= 0.3 is 0 Å². The highest BCUT2D eigenvalue weighted by Crippen LogP contribution is 2.27. The Balaban J connectivity index is 2.36. The van der Waals surface area contributed by atoms with Crippen LogP contribution in [0.25, 0.3) is 0 Å². The van der Waals surface area contributed by atoms with Crippen molar-refractivity contribution < 1.29 is 8.42 Å². The fraction of sp³-hybridized carbons (Fsp3) is 0.143. The van der Waals surface area contributed by atoms with Crippen molar-refractivity contribution in [2.75, 3.05) is 4.72 Å². The predicted octanol–water partition coefficient (Wildman–Crippen LogP) is 3.77. The maximum absolute atomic E-state index is 12.4. The molecule has 0 aliphatic heterocycles. The summed E-state index contributed by atoms with van der Waals surface area (Å²) >= 11 is 8.16. The van der Waals surface area contributed by atoms with Gasteiger partial charge in [0.25, 0.3) is 10.0 Å². The van der Waals surface area contributed by atoms with E-state index in [4.69, 9.17) is 17.3 Å². The molecule has 0 aromatic heterocycles. The highest BCUT2D eigenvalue weighted by Gasteiger charge is 2.16. The molecule has 0 amide bonds. The molecule has 2 aromatic rings. The normalized spacial score (nSPS) is 13.0. The lowest BCUT2D eigenvalue weighted by atomic mass is 10.1. The molecule has 0 spiro atoms. The number of anilines is 1. The van der Waals surface area contributed by atoms with Crippen LogP contribution in [0.1, 0.15) is 18.5 Å². The fourth-order valence-corrected chi connectivity index (χ4v) is 3.83. The van der Waals surface area contributed by atoms with E-state index in [1.807, 2.05) is 0 Å². The molecule has 2 rings (SSSR count). The van der Waals surface area contributed by atoms with E-state index in [-0.39, 0.29) is 10.9 Å². The quantitative estimate of drug-likeness (QED) is 0.717. The van der Waals surface area contributed by atoms with Crippen LogP contribution >= 0.6 is 34.2 Å². The van der Waals surface area contributed by atoms with E-state index < -0.39 is 10.0 Å². The largest absolute Gasteiger partial charge is 0.324 e. The van der Waals surface area contributed by atoms with E-state index in [0.717, 1.165) is 9.13 Å². The van der Waals surface area contributed by atoms with Gasteiger partial charge in [0.2, 0.25) is 0 Å². The topological polar surface area (TPSA) is 72.2 Å². The third-order valence-corrected chi connectivity index (χ3v) is 5.22. The molecule has 2 aromatic carbocycles. The van der Waals surface area contributed by atoms with Crippen molar-refractivity contribution in [1.82, 2.24) is 0 Å². The first-order chi connectivity index (χ1) is 9.79. The number of hydrogen-bond acceptors (Lipinski definition) is 3. The van der Waals surface area contributed by atoms with Gasteiger partial charge in [0, 0.05) is 9.61 Å². The zero-order valence-electron chi connectivity index (χ0n) is 11.2. The first-order valence-electron chi connectivity index (χ1n) is 6.13. The molecule has 112 valence electrons. The lowest BCUT2D eigenvalue weighted by molar-refractivity contribution is 0.601. The SMILES string of the molecule is CC(N)c1cccc(S(=O)(=O)Nc2ccc(I)cc2Cl)c1. The molecule has 21 heavy (non-hydrogen) atoms. The van der Waals surface area contributed by atoms with E-state index in [0.29, 0.717) is 10.7 Å². The molecular formula is C14H14ClIN2O2S. The van der Waals surface area contributed by atoms with Crippen molar-refractivity contribution in [2.24, 2.45) is 5.73 Å². The standard InChI is InChI=1S/C14H14ClIN2O2S/c1-9(17)10-3-2-4-12(7-10)21(19,20)18-14-6-5-11(16)8-13(14)15/h2-9,18H,17H2,1H3. The van der Waals surface area contributed by atoms with Gasteiger partial charge in [-0.2, -0.15) is 0 Å². The van der Waals surface area contributed by atoms with Gasteiger partial charge in [0.15, 0.2) is 0 Å². The Hall–Kier alpha value is -0.830. The minimum Gasteiger partial charge on any atom is -0.324 e. The summed E-state index contributed by atoms with van der Waals surface area (Å²) in [6, 6.07) is 11.4. The van der Waals surface area contributed by atoms with Gasteiger partial charge in [-0.25, -0.2) is 8.42 Å². The summed E-state index contributed by atoms with van der Waals surface area (Å²) in [6.45, 7) is 1.80. The van der Waals surface area contributed by atoms with E-state index in [1.165, 1.54) is 6.07 Å². The van der Waals surface area contributed by atoms with Crippen molar-refractivity contribution in [1.29, 1.82) is 0 Å². The number of sulfonamides is 1. The third-order valence-electron chi connectivity index (χ3n) is 2.87. The molecule has 4 nitrogen and oxygen atoms in total. The van der Waals surface area contributed by atoms with Crippen LogP contribution in [0.3, 0.4) is 0 Å². The molecule has 0 bridgehead atoms. The minimum atomic E-state index is -3.70. The number of nitrogens with one attached hydrogen (secondary N) is 1. The molecule has 3 N–H and O–H groups in total. The number of rotatable bonds is 4. The molecule has 1 atom stereocenters. The van der Waals surface area contributed by atoms with Gasteiger partial charge in [-0.05, 0) is 65.4 Å². The Morgan fingerprint density at radius 2 is 1.95 bits per heavy atom. The van der Waals surface area contributed by atoms with Crippen LogP contribution in [-0.2, 0) is 10.0 Å². The third kappa shape index (κ3) is 4.09. The molecule has 1 unspecified atom stereocenters. The first kappa shape index (κ1) is 16.5. The van der Waals surface area contributed by atoms with E-state index in [1.54, 1.807) is 43.3 Å². The average Bonchev–Trinajstić information content (AvgIpc) is 2.42. The molecule has 0 fully saturated rings. The zero-order valence-corrected chi connectivity index (χ0v) is 14.9. The van der Waals surface area contributed by atoms with Crippen LogP contribution in [0.15, 0.2) is 47.4 Å². The van der Waals surface area contributed by atoms with E-state index in [2.05, 4.69) is 27.3 Å². The number of benzene rings is 2. The Bertz CT molecular complexity index is 763. The Kier molecular flexibility index (Phi) is 5.13. The van der Waals surface area contributed by atoms with Crippen molar-refractivity contribution in [2.45, 2.75) is 17.9 Å². The molecule has 0 aliphatic carbocycles. The van der Waals surface area contributed by atoms with Crippen LogP contribution in [0.5, 0.6) is 0 Å². The molecule has 0 aliphatic rings. The number of hydrogen-bond donors (Lipinski definition) is 2. The highest BCUT2D eigenvalue weighted by atomic mass is 127. The van der Waals surface area contributed by atoms with Crippen LogP contribution in [0.2, 0.25) is 5.02 Å². The predicted molar refractivity (Wildman–Crippen MR) is 94.0 cm³/mol. The molecule has 0 radical (unpaired) electrons. The molecule has 0 heterocycles. The van der Waals surface area contributed by atoms with Crippen molar-refractivity contribution >= 4 is 49.9 Å². The summed E-state index contributed by atoms with van der Waals surface area (Å²) in [5, 5.41) is 0.355. The van der Waals surface area contributed by atoms with Gasteiger partial charge in [-0.1, -0.05) is 23.7 Å². The zero-order chi connectivity index (χ0) is 15.6. The van der Waals surface area contributed by atoms with Gasteiger partial charge < -0.3 is 5.73 Å². The lowest BCUT2D eigenvalue weighted by Crippen LogP contribution is -2.14. The van der Waals surface area contributed by atoms with Crippen molar-refractivity contribution in [3.8, 4) is 0 Å². The molecule has 0 saturated carbocycles. The average molecular weight is 437 g/mol. The van der Waals surface area contributed by atoms with Crippen LogP contribution < -0.4 is 10.5 Å². The Morgan fingerprint density at radius 3 is 2.57 bits per heavy atom. The molecular weight excluding hydrogens is 423 g/mol. The summed E-state index contributed by atoms with van der Waals surface area (Å²) in [5.41, 5.74) is 6.89. The Morgan fingerprint density at radius 1 is 1.24 bits per heavy atom. The highest BCUT2D eigenvalue weighted by molar-refractivity contribution is 14.1. The Labute approximate surface area is 142 Å². The summed E-state index contributed by atoms with van der Waals surface area (Å²) in [7, 11) is -3.70. The fourth-order valence-electron chi connectivity index (χ4n) is 1.74. The van der Waals surface area contributed by atoms with Crippen molar-refractivity contribution in [3.05, 3.63) is 56.6 Å². The molecule has 0 saturated heterocycles. The minimum absolute atomic E-state index is 0.159. The summed E-state index contributed by atoms with van der Waals surface area (Å²) in [4.78, 5) is 0.159. The summed E-state index contributed by atoms with van der Waals surface area (Å²) < 4.78 is 28.2.